The number of benzene rings is 2. The maximum atomic E-state index is 13.3. The van der Waals surface area contributed by atoms with Gasteiger partial charge in [0.05, 0.1) is 20.5 Å². The monoisotopic (exact) mass is 460 g/mol. The zero-order valence-corrected chi connectivity index (χ0v) is 17.3. The van der Waals surface area contributed by atoms with Crippen molar-refractivity contribution in [3.63, 3.8) is 0 Å². The molecule has 0 unspecified atom stereocenters. The Morgan fingerprint density at radius 2 is 1.90 bits per heavy atom. The highest BCUT2D eigenvalue weighted by Gasteiger charge is 2.33. The van der Waals surface area contributed by atoms with Crippen LogP contribution in [0.2, 0.25) is 5.02 Å². The summed E-state index contributed by atoms with van der Waals surface area (Å²) in [5, 5.41) is 10.8. The molecule has 1 fully saturated rings. The molecule has 6 nitrogen and oxygen atoms in total. The number of rotatable bonds is 4. The van der Waals surface area contributed by atoms with Crippen molar-refractivity contribution in [2.24, 2.45) is 0 Å². The van der Waals surface area contributed by atoms with Crippen LogP contribution < -0.4 is 4.90 Å². The highest BCUT2D eigenvalue weighted by molar-refractivity contribution is 8.27. The summed E-state index contributed by atoms with van der Waals surface area (Å²) in [6.45, 7) is 0. The Kier molecular flexibility index (Phi) is 5.42. The molecule has 0 bridgehead atoms. The molecule has 0 atom stereocenters. The number of anilines is 1. The van der Waals surface area contributed by atoms with E-state index >= 15 is 0 Å². The average Bonchev–Trinajstić information content (AvgIpc) is 3.29. The molecule has 0 aliphatic carbocycles. The molecule has 2 aromatic carbocycles. The number of thioether (sulfide) groups is 1. The molecule has 1 aliphatic heterocycles. The number of nitro groups is 1. The molecule has 2 heterocycles. The van der Waals surface area contributed by atoms with Crippen molar-refractivity contribution in [2.45, 2.75) is 0 Å². The number of carbonyl (C=O) groups excluding carboxylic acids is 1. The Morgan fingerprint density at radius 1 is 1.17 bits per heavy atom. The standard InChI is InChI=1S/C20H10ClFN2O4S2/c21-15-9-11(1-7-16(15)22)17-8-6-14(28-17)10-18-19(25)23(20(29)30-18)12-2-4-13(5-3-12)24(26)27/h1-10H. The van der Waals surface area contributed by atoms with Crippen molar-refractivity contribution in [1.82, 2.24) is 0 Å². The third kappa shape index (κ3) is 3.87. The number of nitro benzene ring substituents is 1. The average molecular weight is 461 g/mol. The highest BCUT2D eigenvalue weighted by atomic mass is 35.5. The summed E-state index contributed by atoms with van der Waals surface area (Å²) in [4.78, 5) is 24.8. The van der Waals surface area contributed by atoms with Crippen LogP contribution in [-0.4, -0.2) is 15.2 Å². The Labute approximate surface area is 184 Å². The Morgan fingerprint density at radius 3 is 2.57 bits per heavy atom. The molecule has 1 saturated heterocycles. The lowest BCUT2D eigenvalue weighted by Gasteiger charge is -2.13. The van der Waals surface area contributed by atoms with Gasteiger partial charge in [-0.05, 0) is 42.5 Å². The van der Waals surface area contributed by atoms with Gasteiger partial charge in [-0.1, -0.05) is 35.6 Å². The Hall–Kier alpha value is -3.01. The van der Waals surface area contributed by atoms with Gasteiger partial charge >= 0.3 is 0 Å². The molecule has 3 aromatic rings. The maximum Gasteiger partial charge on any atom is 0.270 e. The van der Waals surface area contributed by atoms with Crippen LogP contribution >= 0.6 is 35.6 Å². The second-order valence-corrected chi connectivity index (χ2v) is 8.20. The van der Waals surface area contributed by atoms with E-state index in [-0.39, 0.29) is 16.6 Å². The van der Waals surface area contributed by atoms with Gasteiger partial charge in [0, 0.05) is 23.8 Å². The summed E-state index contributed by atoms with van der Waals surface area (Å²) in [6.07, 6.45) is 1.55. The van der Waals surface area contributed by atoms with Crippen LogP contribution in [0.25, 0.3) is 17.4 Å². The van der Waals surface area contributed by atoms with Gasteiger partial charge in [-0.2, -0.15) is 0 Å². The number of halogens is 2. The zero-order chi connectivity index (χ0) is 21.4. The van der Waals surface area contributed by atoms with Crippen LogP contribution in [0.1, 0.15) is 5.76 Å². The number of non-ortho nitro benzene ring substituents is 1. The molecular weight excluding hydrogens is 451 g/mol. The summed E-state index contributed by atoms with van der Waals surface area (Å²) in [5.41, 5.74) is 0.954. The SMILES string of the molecule is O=C1C(=Cc2ccc(-c3ccc(F)c(Cl)c3)o2)SC(=S)N1c1ccc([N+](=O)[O-])cc1. The summed E-state index contributed by atoms with van der Waals surface area (Å²) in [6, 6.07) is 13.1. The second kappa shape index (κ2) is 8.02. The number of amides is 1. The lowest BCUT2D eigenvalue weighted by molar-refractivity contribution is -0.384. The minimum atomic E-state index is -0.526. The fraction of sp³-hybridized carbons (Fsp3) is 0. The third-order valence-corrected chi connectivity index (χ3v) is 5.81. The van der Waals surface area contributed by atoms with Crippen molar-refractivity contribution in [3.05, 3.63) is 86.2 Å². The molecule has 0 spiro atoms. The molecule has 0 N–H and O–H groups in total. The van der Waals surface area contributed by atoms with Crippen LogP contribution in [0.4, 0.5) is 15.8 Å². The van der Waals surface area contributed by atoms with Crippen molar-refractivity contribution in [2.75, 3.05) is 4.90 Å². The van der Waals surface area contributed by atoms with E-state index in [0.29, 0.717) is 32.0 Å². The summed E-state index contributed by atoms with van der Waals surface area (Å²) in [7, 11) is 0. The van der Waals surface area contributed by atoms with Crippen molar-refractivity contribution >= 4 is 63.3 Å². The third-order valence-electron chi connectivity index (χ3n) is 4.22. The van der Waals surface area contributed by atoms with E-state index in [4.69, 9.17) is 28.2 Å². The maximum absolute atomic E-state index is 13.3. The lowest BCUT2D eigenvalue weighted by atomic mass is 10.2. The molecule has 1 aromatic heterocycles. The van der Waals surface area contributed by atoms with Gasteiger partial charge in [-0.25, -0.2) is 4.39 Å². The van der Waals surface area contributed by atoms with Crippen LogP contribution in [0.3, 0.4) is 0 Å². The van der Waals surface area contributed by atoms with Gasteiger partial charge in [-0.15, -0.1) is 0 Å². The number of carbonyl (C=O) groups is 1. The Balaban J connectivity index is 1.58. The zero-order valence-electron chi connectivity index (χ0n) is 14.9. The van der Waals surface area contributed by atoms with Gasteiger partial charge in [0.1, 0.15) is 17.3 Å². The van der Waals surface area contributed by atoms with E-state index in [9.17, 15) is 19.3 Å². The van der Waals surface area contributed by atoms with Crippen LogP contribution in [0, 0.1) is 15.9 Å². The Bertz CT molecular complexity index is 1220. The quantitative estimate of drug-likeness (QED) is 0.204. The number of thiocarbonyl (C=S) groups is 1. The largest absolute Gasteiger partial charge is 0.457 e. The van der Waals surface area contributed by atoms with Gasteiger partial charge in [0.15, 0.2) is 4.32 Å². The van der Waals surface area contributed by atoms with E-state index in [1.165, 1.54) is 47.4 Å². The molecule has 1 aliphatic rings. The lowest BCUT2D eigenvalue weighted by Crippen LogP contribution is -2.27. The summed E-state index contributed by atoms with van der Waals surface area (Å²) >= 11 is 12.2. The predicted octanol–water partition coefficient (Wildman–Crippen LogP) is 6.05. The van der Waals surface area contributed by atoms with E-state index in [1.807, 2.05) is 0 Å². The number of hydrogen-bond donors (Lipinski definition) is 0. The van der Waals surface area contributed by atoms with E-state index < -0.39 is 10.7 Å². The van der Waals surface area contributed by atoms with E-state index in [2.05, 4.69) is 0 Å². The molecule has 30 heavy (non-hydrogen) atoms. The first kappa shape index (κ1) is 20.3. The number of furan rings is 1. The van der Waals surface area contributed by atoms with Crippen molar-refractivity contribution in [1.29, 1.82) is 0 Å². The molecule has 150 valence electrons. The molecular formula is C20H10ClFN2O4S2. The van der Waals surface area contributed by atoms with Crippen molar-refractivity contribution in [3.8, 4) is 11.3 Å². The topological polar surface area (TPSA) is 76.6 Å². The fourth-order valence-corrected chi connectivity index (χ4v) is 4.24. The van der Waals surface area contributed by atoms with Crippen LogP contribution in [0.15, 0.2) is 63.9 Å². The van der Waals surface area contributed by atoms with Crippen LogP contribution in [-0.2, 0) is 4.79 Å². The minimum Gasteiger partial charge on any atom is -0.457 e. The first-order chi connectivity index (χ1) is 14.3. The second-order valence-electron chi connectivity index (χ2n) is 6.12. The van der Waals surface area contributed by atoms with Gasteiger partial charge < -0.3 is 4.42 Å². The smallest absolute Gasteiger partial charge is 0.270 e. The first-order valence-corrected chi connectivity index (χ1v) is 10.0. The van der Waals surface area contributed by atoms with Gasteiger partial charge in [-0.3, -0.25) is 19.8 Å². The predicted molar refractivity (Wildman–Crippen MR) is 118 cm³/mol. The molecule has 1 amide bonds. The molecule has 10 heteroatoms. The summed E-state index contributed by atoms with van der Waals surface area (Å²) < 4.78 is 19.4. The summed E-state index contributed by atoms with van der Waals surface area (Å²) in [5.74, 6) is -0.00705. The molecule has 0 radical (unpaired) electrons. The highest BCUT2D eigenvalue weighted by Crippen LogP contribution is 2.37. The number of nitrogens with zero attached hydrogens (tertiary/aromatic N) is 2. The molecule has 4 rings (SSSR count). The van der Waals surface area contributed by atoms with Crippen molar-refractivity contribution < 1.29 is 18.5 Å². The van der Waals surface area contributed by atoms with Crippen LogP contribution in [0.5, 0.6) is 0 Å². The van der Waals surface area contributed by atoms with Gasteiger partial charge in [0.2, 0.25) is 0 Å². The number of hydrogen-bond acceptors (Lipinski definition) is 6. The van der Waals surface area contributed by atoms with E-state index in [0.717, 1.165) is 11.8 Å². The minimum absolute atomic E-state index is 0.0191. The van der Waals surface area contributed by atoms with Gasteiger partial charge in [0.25, 0.3) is 11.6 Å². The first-order valence-electron chi connectivity index (χ1n) is 8.41. The molecule has 0 saturated carbocycles. The fourth-order valence-electron chi connectivity index (χ4n) is 2.78. The van der Waals surface area contributed by atoms with E-state index in [1.54, 1.807) is 18.2 Å². The normalized spacial score (nSPS) is 15.3.